The zero-order valence-corrected chi connectivity index (χ0v) is 18.9. The number of anilines is 1. The van der Waals surface area contributed by atoms with Crippen molar-refractivity contribution in [2.24, 2.45) is 7.05 Å². The predicted molar refractivity (Wildman–Crippen MR) is 126 cm³/mol. The van der Waals surface area contributed by atoms with Crippen molar-refractivity contribution in [1.29, 1.82) is 0 Å². The summed E-state index contributed by atoms with van der Waals surface area (Å²) in [5, 5.41) is 18.4. The molecule has 1 aromatic heterocycles. The Labute approximate surface area is 196 Å². The van der Waals surface area contributed by atoms with Crippen LogP contribution in [0.25, 0.3) is 11.1 Å². The van der Waals surface area contributed by atoms with Crippen LogP contribution < -0.4 is 10.6 Å². The van der Waals surface area contributed by atoms with E-state index >= 15 is 0 Å². The fourth-order valence-electron chi connectivity index (χ4n) is 4.26. The Morgan fingerprint density at radius 2 is 1.71 bits per heavy atom. The minimum Gasteiger partial charge on any atom is -0.480 e. The van der Waals surface area contributed by atoms with Gasteiger partial charge in [0.1, 0.15) is 18.2 Å². The molecule has 4 rings (SSSR count). The molecule has 1 heterocycles. The third-order valence-electron chi connectivity index (χ3n) is 5.82. The molecule has 1 atom stereocenters. The Morgan fingerprint density at radius 1 is 1.09 bits per heavy atom. The maximum Gasteiger partial charge on any atom is 0.412 e. The van der Waals surface area contributed by atoms with Gasteiger partial charge in [0.2, 0.25) is 0 Å². The molecule has 0 bridgehead atoms. The number of hydrogen-bond acceptors (Lipinski definition) is 5. The summed E-state index contributed by atoms with van der Waals surface area (Å²) in [6.07, 6.45) is 1.54. The number of amides is 2. The standard InChI is InChI=1S/C25H26N4O5/c1-3-8-21(24(31)32)26-23(30)19-13-29(2)28-22(19)27-25(33)34-14-20-17-11-6-4-9-15(17)16-10-5-7-12-18(16)20/h4-7,9-13,20-21H,3,8,14H2,1-2H3,(H,26,30)(H,31,32)(H,27,28,33)/t21-/m1/s1. The van der Waals surface area contributed by atoms with Gasteiger partial charge < -0.3 is 15.2 Å². The highest BCUT2D eigenvalue weighted by atomic mass is 16.5. The van der Waals surface area contributed by atoms with Crippen molar-refractivity contribution < 1.29 is 24.2 Å². The average molecular weight is 463 g/mol. The summed E-state index contributed by atoms with van der Waals surface area (Å²) in [6, 6.07) is 15.0. The number of rotatable bonds is 8. The summed E-state index contributed by atoms with van der Waals surface area (Å²) in [6.45, 7) is 1.95. The first-order valence-electron chi connectivity index (χ1n) is 11.1. The first-order valence-corrected chi connectivity index (χ1v) is 11.1. The van der Waals surface area contributed by atoms with Gasteiger partial charge in [-0.1, -0.05) is 61.9 Å². The zero-order chi connectivity index (χ0) is 24.2. The van der Waals surface area contributed by atoms with Crippen LogP contribution in [0.1, 0.15) is 47.2 Å². The summed E-state index contributed by atoms with van der Waals surface area (Å²) in [4.78, 5) is 36.7. The van der Waals surface area contributed by atoms with E-state index < -0.39 is 24.0 Å². The smallest absolute Gasteiger partial charge is 0.412 e. The number of carboxylic acid groups (broad SMARTS) is 1. The normalized spacial score (nSPS) is 13.0. The Morgan fingerprint density at radius 3 is 2.29 bits per heavy atom. The lowest BCUT2D eigenvalue weighted by Gasteiger charge is -2.15. The van der Waals surface area contributed by atoms with E-state index in [2.05, 4.69) is 27.9 Å². The predicted octanol–water partition coefficient (Wildman–Crippen LogP) is 3.76. The molecule has 0 unspecified atom stereocenters. The lowest BCUT2D eigenvalue weighted by Crippen LogP contribution is -2.40. The van der Waals surface area contributed by atoms with Crippen LogP contribution in [-0.2, 0) is 16.6 Å². The molecule has 9 nitrogen and oxygen atoms in total. The molecule has 0 radical (unpaired) electrons. The van der Waals surface area contributed by atoms with Crippen molar-refractivity contribution in [2.75, 3.05) is 11.9 Å². The van der Waals surface area contributed by atoms with Gasteiger partial charge in [-0.15, -0.1) is 0 Å². The zero-order valence-electron chi connectivity index (χ0n) is 18.9. The maximum atomic E-state index is 12.7. The summed E-state index contributed by atoms with van der Waals surface area (Å²) in [5.74, 6) is -1.86. The highest BCUT2D eigenvalue weighted by Crippen LogP contribution is 2.44. The van der Waals surface area contributed by atoms with Crippen LogP contribution in [0.15, 0.2) is 54.7 Å². The van der Waals surface area contributed by atoms with E-state index in [-0.39, 0.29) is 30.3 Å². The number of carbonyl (C=O) groups excluding carboxylic acids is 2. The van der Waals surface area contributed by atoms with E-state index in [1.165, 1.54) is 10.9 Å². The topological polar surface area (TPSA) is 123 Å². The number of aliphatic carboxylic acids is 1. The lowest BCUT2D eigenvalue weighted by atomic mass is 9.98. The van der Waals surface area contributed by atoms with E-state index in [0.29, 0.717) is 6.42 Å². The van der Waals surface area contributed by atoms with Gasteiger partial charge in [0.25, 0.3) is 5.91 Å². The van der Waals surface area contributed by atoms with E-state index in [1.54, 1.807) is 7.05 Å². The highest BCUT2D eigenvalue weighted by molar-refractivity contribution is 6.02. The minimum absolute atomic E-state index is 0.00198. The van der Waals surface area contributed by atoms with Gasteiger partial charge in [-0.05, 0) is 28.7 Å². The van der Waals surface area contributed by atoms with Gasteiger partial charge in [-0.3, -0.25) is 14.8 Å². The molecular formula is C25H26N4O5. The average Bonchev–Trinajstić information content (AvgIpc) is 3.34. The Kier molecular flexibility index (Phi) is 6.62. The summed E-state index contributed by atoms with van der Waals surface area (Å²) >= 11 is 0. The van der Waals surface area contributed by atoms with Crippen LogP contribution in [0.4, 0.5) is 10.6 Å². The minimum atomic E-state index is -1.12. The molecule has 1 aliphatic carbocycles. The SMILES string of the molecule is CCC[C@@H](NC(=O)c1cn(C)nc1NC(=O)OCC1c2ccccc2-c2ccccc21)C(=O)O. The number of carboxylic acids is 1. The molecule has 2 aromatic carbocycles. The van der Waals surface area contributed by atoms with Crippen molar-refractivity contribution in [2.45, 2.75) is 31.7 Å². The molecule has 0 saturated heterocycles. The van der Waals surface area contributed by atoms with Gasteiger partial charge >= 0.3 is 12.1 Å². The molecule has 0 spiro atoms. The number of aromatic nitrogens is 2. The quantitative estimate of drug-likeness (QED) is 0.468. The monoisotopic (exact) mass is 462 g/mol. The fraction of sp³-hybridized carbons (Fsp3) is 0.280. The number of benzene rings is 2. The third-order valence-corrected chi connectivity index (χ3v) is 5.82. The molecule has 0 saturated carbocycles. The Bertz CT molecular complexity index is 1190. The highest BCUT2D eigenvalue weighted by Gasteiger charge is 2.29. The maximum absolute atomic E-state index is 12.7. The van der Waals surface area contributed by atoms with Crippen molar-refractivity contribution in [3.63, 3.8) is 0 Å². The second kappa shape index (κ2) is 9.78. The van der Waals surface area contributed by atoms with E-state index in [1.807, 2.05) is 43.3 Å². The summed E-state index contributed by atoms with van der Waals surface area (Å²) in [7, 11) is 1.60. The van der Waals surface area contributed by atoms with Crippen LogP contribution in [0.2, 0.25) is 0 Å². The Hall–Kier alpha value is -4.14. The number of hydrogen-bond donors (Lipinski definition) is 3. The van der Waals surface area contributed by atoms with Crippen molar-refractivity contribution in [3.8, 4) is 11.1 Å². The Balaban J connectivity index is 1.45. The lowest BCUT2D eigenvalue weighted by molar-refractivity contribution is -0.139. The van der Waals surface area contributed by atoms with Gasteiger partial charge in [-0.25, -0.2) is 9.59 Å². The molecule has 3 aromatic rings. The van der Waals surface area contributed by atoms with Crippen LogP contribution in [0.3, 0.4) is 0 Å². The molecule has 176 valence electrons. The van der Waals surface area contributed by atoms with Gasteiger partial charge in [0, 0.05) is 19.2 Å². The molecule has 2 amide bonds. The first-order chi connectivity index (χ1) is 16.4. The summed E-state index contributed by atoms with van der Waals surface area (Å²) < 4.78 is 6.89. The second-order valence-electron chi connectivity index (χ2n) is 8.17. The van der Waals surface area contributed by atoms with Gasteiger partial charge in [-0.2, -0.15) is 5.10 Å². The molecule has 0 aliphatic heterocycles. The number of fused-ring (bicyclic) bond motifs is 3. The van der Waals surface area contributed by atoms with Crippen molar-refractivity contribution >= 4 is 23.8 Å². The van der Waals surface area contributed by atoms with Crippen molar-refractivity contribution in [3.05, 3.63) is 71.4 Å². The molecular weight excluding hydrogens is 436 g/mol. The molecule has 0 fully saturated rings. The van der Waals surface area contributed by atoms with Gasteiger partial charge in [0.05, 0.1) is 0 Å². The van der Waals surface area contributed by atoms with E-state index in [0.717, 1.165) is 22.3 Å². The van der Waals surface area contributed by atoms with Crippen molar-refractivity contribution in [1.82, 2.24) is 15.1 Å². The largest absolute Gasteiger partial charge is 0.480 e. The third kappa shape index (κ3) is 4.63. The first kappa shape index (κ1) is 23.0. The van der Waals surface area contributed by atoms with Crippen LogP contribution >= 0.6 is 0 Å². The molecule has 3 N–H and O–H groups in total. The molecule has 9 heteroatoms. The number of nitrogens with one attached hydrogen (secondary N) is 2. The molecule has 34 heavy (non-hydrogen) atoms. The number of ether oxygens (including phenoxy) is 1. The summed E-state index contributed by atoms with van der Waals surface area (Å²) in [5.41, 5.74) is 4.47. The fourth-order valence-corrected chi connectivity index (χ4v) is 4.26. The van der Waals surface area contributed by atoms with Crippen LogP contribution in [-0.4, -0.2) is 45.5 Å². The number of carbonyl (C=O) groups is 3. The number of nitrogens with zero attached hydrogens (tertiary/aromatic N) is 2. The molecule has 1 aliphatic rings. The van der Waals surface area contributed by atoms with E-state index in [9.17, 15) is 19.5 Å². The van der Waals surface area contributed by atoms with E-state index in [4.69, 9.17) is 4.74 Å². The van der Waals surface area contributed by atoms with Crippen LogP contribution in [0, 0.1) is 0 Å². The number of aryl methyl sites for hydroxylation is 1. The van der Waals surface area contributed by atoms with Gasteiger partial charge in [0.15, 0.2) is 5.82 Å². The second-order valence-corrected chi connectivity index (χ2v) is 8.17. The van der Waals surface area contributed by atoms with Crippen LogP contribution in [0.5, 0.6) is 0 Å².